The summed E-state index contributed by atoms with van der Waals surface area (Å²) >= 11 is 0. The van der Waals surface area contributed by atoms with E-state index in [1.807, 2.05) is 12.2 Å². The van der Waals surface area contributed by atoms with Gasteiger partial charge in [0.25, 0.3) is 0 Å². The highest BCUT2D eigenvalue weighted by atomic mass is 28.4. The van der Waals surface area contributed by atoms with Gasteiger partial charge in [-0.15, -0.1) is 0 Å². The minimum atomic E-state index is -1.90. The molecule has 0 radical (unpaired) electrons. The van der Waals surface area contributed by atoms with Gasteiger partial charge >= 0.3 is 0 Å². The van der Waals surface area contributed by atoms with Crippen LogP contribution in [-0.4, -0.2) is 39.4 Å². The van der Waals surface area contributed by atoms with Gasteiger partial charge in [0, 0.05) is 25.7 Å². The monoisotopic (exact) mass is 418 g/mol. The fourth-order valence-electron chi connectivity index (χ4n) is 6.12. The van der Waals surface area contributed by atoms with Crippen LogP contribution in [0.15, 0.2) is 23.3 Å². The molecule has 2 atom stereocenters. The molecule has 0 saturated heterocycles. The highest BCUT2D eigenvalue weighted by Gasteiger charge is 2.64. The maximum atomic E-state index is 12.2. The lowest BCUT2D eigenvalue weighted by Crippen LogP contribution is -2.68. The third-order valence-electron chi connectivity index (χ3n) is 6.60. The number of hydrogen-bond acceptors (Lipinski definition) is 4. The van der Waals surface area contributed by atoms with E-state index < -0.39 is 27.8 Å². The van der Waals surface area contributed by atoms with Gasteiger partial charge in [0.15, 0.2) is 28.2 Å². The highest BCUT2D eigenvalue weighted by molar-refractivity contribution is 6.70. The van der Waals surface area contributed by atoms with Gasteiger partial charge in [0.2, 0.25) is 0 Å². The van der Waals surface area contributed by atoms with Crippen molar-refractivity contribution in [3.05, 3.63) is 23.3 Å². The summed E-state index contributed by atoms with van der Waals surface area (Å²) in [4.78, 5) is 24.5. The molecule has 6 heteroatoms. The predicted molar refractivity (Wildman–Crippen MR) is 115 cm³/mol. The minimum absolute atomic E-state index is 0.250. The lowest BCUT2D eigenvalue weighted by atomic mass is 9.57. The molecule has 4 aliphatic carbocycles. The Morgan fingerprint density at radius 1 is 0.750 bits per heavy atom. The van der Waals surface area contributed by atoms with Crippen molar-refractivity contribution in [1.29, 1.82) is 0 Å². The SMILES string of the molecule is C[Si](C)(C)OC12CC3=CC(=O)C[C@@H]3CC1(O[Si](C)(C)C)C[C@H]1CC(=O)C=C1C2. The molecule has 154 valence electrons. The number of carbonyl (C=O) groups excluding carboxylic acids is 2. The first kappa shape index (κ1) is 20.4. The van der Waals surface area contributed by atoms with Gasteiger partial charge in [-0.3, -0.25) is 9.59 Å². The fourth-order valence-corrected chi connectivity index (χ4v) is 9.15. The van der Waals surface area contributed by atoms with E-state index in [1.165, 1.54) is 11.1 Å². The van der Waals surface area contributed by atoms with Crippen LogP contribution in [0.25, 0.3) is 0 Å². The van der Waals surface area contributed by atoms with Crippen molar-refractivity contribution in [2.24, 2.45) is 11.8 Å². The molecule has 0 heterocycles. The summed E-state index contributed by atoms with van der Waals surface area (Å²) in [5.74, 6) is 1.06. The second kappa shape index (κ2) is 6.33. The Labute approximate surface area is 171 Å². The van der Waals surface area contributed by atoms with Gasteiger partial charge in [0.05, 0.1) is 11.2 Å². The molecule has 4 nitrogen and oxygen atoms in total. The molecule has 0 aromatic rings. The van der Waals surface area contributed by atoms with Crippen LogP contribution in [0, 0.1) is 11.8 Å². The first-order valence-electron chi connectivity index (χ1n) is 10.7. The molecule has 0 spiro atoms. The number of allylic oxidation sites excluding steroid dienone is 2. The minimum Gasteiger partial charge on any atom is -0.409 e. The van der Waals surface area contributed by atoms with Crippen LogP contribution >= 0.6 is 0 Å². The Kier molecular flexibility index (Phi) is 4.63. The summed E-state index contributed by atoms with van der Waals surface area (Å²) in [6, 6.07) is 0. The fraction of sp³-hybridized carbons (Fsp3) is 0.727. The number of hydrogen-bond donors (Lipinski definition) is 0. The van der Waals surface area contributed by atoms with Gasteiger partial charge in [-0.25, -0.2) is 0 Å². The molecule has 0 amide bonds. The van der Waals surface area contributed by atoms with Crippen molar-refractivity contribution in [1.82, 2.24) is 0 Å². The molecule has 0 aromatic carbocycles. The van der Waals surface area contributed by atoms with Crippen LogP contribution in [0.5, 0.6) is 0 Å². The molecular weight excluding hydrogens is 384 g/mol. The van der Waals surface area contributed by atoms with Crippen molar-refractivity contribution in [2.75, 3.05) is 0 Å². The summed E-state index contributed by atoms with van der Waals surface area (Å²) < 4.78 is 14.1. The van der Waals surface area contributed by atoms with E-state index in [1.54, 1.807) is 0 Å². The Morgan fingerprint density at radius 3 is 1.54 bits per heavy atom. The molecular formula is C22H34O4Si2. The lowest BCUT2D eigenvalue weighted by molar-refractivity contribution is -0.171. The molecule has 4 aliphatic rings. The first-order chi connectivity index (χ1) is 12.8. The number of rotatable bonds is 4. The van der Waals surface area contributed by atoms with Crippen LogP contribution in [0.4, 0.5) is 0 Å². The zero-order chi connectivity index (χ0) is 20.5. The second-order valence-corrected chi connectivity index (χ2v) is 20.2. The van der Waals surface area contributed by atoms with Crippen molar-refractivity contribution in [3.8, 4) is 0 Å². The van der Waals surface area contributed by atoms with Gasteiger partial charge < -0.3 is 8.85 Å². The second-order valence-electron chi connectivity index (χ2n) is 11.4. The smallest absolute Gasteiger partial charge is 0.184 e. The average Bonchev–Trinajstić information content (AvgIpc) is 2.97. The van der Waals surface area contributed by atoms with Crippen LogP contribution in [0.3, 0.4) is 0 Å². The topological polar surface area (TPSA) is 52.6 Å². The standard InChI is InChI=1S/C22H34O4Si2/c1-27(2,3)25-21-11-15-7-19(23)9-17(15)13-22(21,26-28(4,5)6)14-18-10-20(24)8-16(18)12-21/h7-8,17-18H,9-14H2,1-6H3/t17-,18-,21?,22?/m1/s1. The van der Waals surface area contributed by atoms with Crippen molar-refractivity contribution < 1.29 is 18.4 Å². The van der Waals surface area contributed by atoms with E-state index in [-0.39, 0.29) is 23.4 Å². The van der Waals surface area contributed by atoms with E-state index in [9.17, 15) is 9.59 Å². The van der Waals surface area contributed by atoms with E-state index in [4.69, 9.17) is 8.85 Å². The maximum absolute atomic E-state index is 12.2. The number of fused-ring (bicyclic) bond motifs is 3. The molecule has 28 heavy (non-hydrogen) atoms. The van der Waals surface area contributed by atoms with E-state index >= 15 is 0 Å². The quantitative estimate of drug-likeness (QED) is 0.616. The lowest BCUT2D eigenvalue weighted by Gasteiger charge is -2.62. The van der Waals surface area contributed by atoms with Crippen LogP contribution in [-0.2, 0) is 18.4 Å². The molecule has 0 unspecified atom stereocenters. The Morgan fingerprint density at radius 2 is 1.14 bits per heavy atom. The molecule has 0 bridgehead atoms. The summed E-state index contributed by atoms with van der Waals surface area (Å²) in [7, 11) is -3.78. The molecule has 2 fully saturated rings. The zero-order valence-corrected chi connectivity index (χ0v) is 20.2. The maximum Gasteiger partial charge on any atom is 0.184 e. The first-order valence-corrected chi connectivity index (χ1v) is 17.5. The normalized spacial score (nSPS) is 37.9. The van der Waals surface area contributed by atoms with Crippen LogP contribution < -0.4 is 0 Å². The summed E-state index contributed by atoms with van der Waals surface area (Å²) in [6.45, 7) is 13.5. The molecule has 0 N–H and O–H groups in total. The molecule has 0 aliphatic heterocycles. The van der Waals surface area contributed by atoms with E-state index in [2.05, 4.69) is 39.3 Å². The highest BCUT2D eigenvalue weighted by Crippen LogP contribution is 2.61. The van der Waals surface area contributed by atoms with Gasteiger partial charge in [-0.2, -0.15) is 0 Å². The van der Waals surface area contributed by atoms with Crippen molar-refractivity contribution in [2.45, 2.75) is 89.0 Å². The largest absolute Gasteiger partial charge is 0.409 e. The summed E-state index contributed by atoms with van der Waals surface area (Å²) in [6.07, 6.45) is 8.24. The number of carbonyl (C=O) groups is 2. The Bertz CT molecular complexity index is 737. The Balaban J connectivity index is 1.85. The summed E-state index contributed by atoms with van der Waals surface area (Å²) in [5.41, 5.74) is 1.66. The molecule has 2 saturated carbocycles. The van der Waals surface area contributed by atoms with E-state index in [0.717, 1.165) is 25.7 Å². The van der Waals surface area contributed by atoms with Crippen LogP contribution in [0.2, 0.25) is 39.3 Å². The zero-order valence-electron chi connectivity index (χ0n) is 18.2. The van der Waals surface area contributed by atoms with Gasteiger partial charge in [-0.05, 0) is 76.1 Å². The van der Waals surface area contributed by atoms with Gasteiger partial charge in [0.1, 0.15) is 0 Å². The van der Waals surface area contributed by atoms with Crippen molar-refractivity contribution in [3.63, 3.8) is 0 Å². The Hall–Kier alpha value is -0.826. The molecule has 0 aromatic heterocycles. The number of ketones is 2. The summed E-state index contributed by atoms with van der Waals surface area (Å²) in [5, 5.41) is 0. The molecule has 4 rings (SSSR count). The third-order valence-corrected chi connectivity index (χ3v) is 8.61. The van der Waals surface area contributed by atoms with E-state index in [0.29, 0.717) is 12.8 Å². The average molecular weight is 419 g/mol. The van der Waals surface area contributed by atoms with Crippen LogP contribution in [0.1, 0.15) is 38.5 Å². The third kappa shape index (κ3) is 3.57. The van der Waals surface area contributed by atoms with Crippen molar-refractivity contribution >= 4 is 28.2 Å². The van der Waals surface area contributed by atoms with Gasteiger partial charge in [-0.1, -0.05) is 11.1 Å². The predicted octanol–water partition coefficient (Wildman–Crippen LogP) is 4.79.